The Morgan fingerprint density at radius 1 is 1.35 bits per heavy atom. The highest BCUT2D eigenvalue weighted by molar-refractivity contribution is 5.83. The summed E-state index contributed by atoms with van der Waals surface area (Å²) in [5.74, 6) is 0.732. The molecule has 1 aromatic rings. The van der Waals surface area contributed by atoms with E-state index in [1.807, 2.05) is 12.1 Å². The number of nitrogens with zero attached hydrogens (tertiary/aromatic N) is 1. The lowest BCUT2D eigenvalue weighted by atomic mass is 10.0. The molecule has 1 unspecified atom stereocenters. The summed E-state index contributed by atoms with van der Waals surface area (Å²) in [4.78, 5) is 17.3. The molecule has 0 saturated carbocycles. The number of fused-ring (bicyclic) bond motifs is 1. The van der Waals surface area contributed by atoms with E-state index in [1.54, 1.807) is 6.20 Å². The van der Waals surface area contributed by atoms with Gasteiger partial charge in [-0.25, -0.2) is 14.7 Å². The zero-order valence-corrected chi connectivity index (χ0v) is 9.70. The minimum Gasteiger partial charge on any atom is -0.316 e. The molecule has 0 aromatic carbocycles. The van der Waals surface area contributed by atoms with Crippen LogP contribution in [0.2, 0.25) is 0 Å². The predicted molar refractivity (Wildman–Crippen MR) is 63.8 cm³/mol. The molecule has 3 rings (SSSR count). The van der Waals surface area contributed by atoms with Gasteiger partial charge in [-0.1, -0.05) is 0 Å². The zero-order chi connectivity index (χ0) is 11.7. The molecule has 2 aliphatic rings. The Hall–Kier alpha value is -1.46. The number of pyridine rings is 1. The third-order valence-corrected chi connectivity index (χ3v) is 3.63. The summed E-state index contributed by atoms with van der Waals surface area (Å²) in [6.07, 6.45) is 3.85. The van der Waals surface area contributed by atoms with Gasteiger partial charge >= 0.3 is 6.03 Å². The van der Waals surface area contributed by atoms with Gasteiger partial charge in [0.25, 0.3) is 0 Å². The van der Waals surface area contributed by atoms with Gasteiger partial charge < -0.3 is 5.32 Å². The number of carbonyl (C=O) groups excluding carboxylic acids is 1. The summed E-state index contributed by atoms with van der Waals surface area (Å²) in [6, 6.07) is 4.48. The van der Waals surface area contributed by atoms with Crippen molar-refractivity contribution in [2.45, 2.75) is 25.4 Å². The van der Waals surface area contributed by atoms with Gasteiger partial charge in [0, 0.05) is 37.7 Å². The lowest BCUT2D eigenvalue weighted by Gasteiger charge is -2.32. The Labute approximate surface area is 100 Å². The van der Waals surface area contributed by atoms with Crippen LogP contribution in [0.3, 0.4) is 0 Å². The number of quaternary nitrogens is 1. The molecular formula is C12H17N4O+. The monoisotopic (exact) mass is 233 g/mol. The molecule has 1 saturated heterocycles. The number of nitrogens with one attached hydrogen (secondary N) is 3. The molecule has 3 heterocycles. The van der Waals surface area contributed by atoms with Gasteiger partial charge in [0.2, 0.25) is 0 Å². The van der Waals surface area contributed by atoms with Crippen LogP contribution in [0.4, 0.5) is 10.6 Å². The van der Waals surface area contributed by atoms with Gasteiger partial charge in [-0.3, -0.25) is 5.32 Å². The standard InChI is InChI=1S/C12H16N4O/c17-12-15-11-9(2-1-5-14-11)8-16(12)10-3-6-13-7-4-10/h1-2,5,10,13H,3-4,6-8H2,(H,14,15,17)/p+1. The molecule has 2 aliphatic heterocycles. The molecule has 2 amide bonds. The van der Waals surface area contributed by atoms with Crippen molar-refractivity contribution in [1.82, 2.24) is 10.3 Å². The second-order valence-electron chi connectivity index (χ2n) is 4.69. The number of hydrogen-bond acceptors (Lipinski definition) is 3. The fourth-order valence-electron chi connectivity index (χ4n) is 2.67. The fourth-order valence-corrected chi connectivity index (χ4v) is 2.67. The molecular weight excluding hydrogens is 216 g/mol. The number of urea groups is 1. The van der Waals surface area contributed by atoms with Gasteiger partial charge in [-0.05, 0) is 12.1 Å². The van der Waals surface area contributed by atoms with Crippen molar-refractivity contribution in [2.75, 3.05) is 18.4 Å². The van der Waals surface area contributed by atoms with Crippen molar-refractivity contribution < 1.29 is 9.69 Å². The van der Waals surface area contributed by atoms with Crippen LogP contribution in [0.1, 0.15) is 18.4 Å². The molecule has 1 atom stereocenters. The normalized spacial score (nSPS) is 25.2. The Balaban J connectivity index is 1.81. The average Bonchev–Trinajstić information content (AvgIpc) is 2.39. The molecule has 0 radical (unpaired) electrons. The number of hydrogen-bond donors (Lipinski definition) is 3. The first-order valence-electron chi connectivity index (χ1n) is 6.16. The number of piperidine rings is 1. The third-order valence-electron chi connectivity index (χ3n) is 3.63. The number of anilines is 1. The number of rotatable bonds is 1. The second-order valence-corrected chi connectivity index (χ2v) is 4.69. The van der Waals surface area contributed by atoms with Gasteiger partial charge in [-0.15, -0.1) is 0 Å². The first-order chi connectivity index (χ1) is 8.34. The van der Waals surface area contributed by atoms with Crippen LogP contribution in [0, 0.1) is 0 Å². The molecule has 3 N–H and O–H groups in total. The van der Waals surface area contributed by atoms with E-state index in [0.29, 0.717) is 6.04 Å². The van der Waals surface area contributed by atoms with Crippen LogP contribution in [-0.2, 0) is 6.54 Å². The molecule has 90 valence electrons. The highest BCUT2D eigenvalue weighted by Gasteiger charge is 2.35. The van der Waals surface area contributed by atoms with Gasteiger partial charge in [0.1, 0.15) is 12.4 Å². The SMILES string of the molecule is O=C1Nc2ncccc2C[NH+]1C1CCNCC1. The maximum absolute atomic E-state index is 12.0. The maximum Gasteiger partial charge on any atom is 0.421 e. The highest BCUT2D eigenvalue weighted by atomic mass is 16.2. The van der Waals surface area contributed by atoms with E-state index in [0.717, 1.165) is 48.8 Å². The van der Waals surface area contributed by atoms with Crippen LogP contribution < -0.4 is 15.5 Å². The number of carbonyl (C=O) groups is 1. The van der Waals surface area contributed by atoms with Crippen LogP contribution >= 0.6 is 0 Å². The molecule has 17 heavy (non-hydrogen) atoms. The van der Waals surface area contributed by atoms with Crippen molar-refractivity contribution in [3.63, 3.8) is 0 Å². The summed E-state index contributed by atoms with van der Waals surface area (Å²) in [6.45, 7) is 2.79. The minimum absolute atomic E-state index is 0.0723. The van der Waals surface area contributed by atoms with Crippen LogP contribution in [-0.4, -0.2) is 30.1 Å². The Morgan fingerprint density at radius 2 is 2.18 bits per heavy atom. The Bertz CT molecular complexity index is 428. The van der Waals surface area contributed by atoms with Crippen molar-refractivity contribution in [2.24, 2.45) is 0 Å². The Kier molecular flexibility index (Phi) is 2.78. The van der Waals surface area contributed by atoms with E-state index in [4.69, 9.17) is 0 Å². The first kappa shape index (κ1) is 10.7. The van der Waals surface area contributed by atoms with Crippen LogP contribution in [0.25, 0.3) is 0 Å². The number of aromatic nitrogens is 1. The lowest BCUT2D eigenvalue weighted by molar-refractivity contribution is -0.858. The first-order valence-corrected chi connectivity index (χ1v) is 6.16. The molecule has 0 aliphatic carbocycles. The van der Waals surface area contributed by atoms with Crippen molar-refractivity contribution >= 4 is 11.8 Å². The predicted octanol–water partition coefficient (Wildman–Crippen LogP) is -0.236. The molecule has 1 fully saturated rings. The second kappa shape index (κ2) is 4.43. The summed E-state index contributed by atoms with van der Waals surface area (Å²) < 4.78 is 0. The average molecular weight is 233 g/mol. The molecule has 0 bridgehead atoms. The van der Waals surface area contributed by atoms with Crippen LogP contribution in [0.5, 0.6) is 0 Å². The van der Waals surface area contributed by atoms with Crippen LogP contribution in [0.15, 0.2) is 18.3 Å². The van der Waals surface area contributed by atoms with Crippen molar-refractivity contribution in [3.05, 3.63) is 23.9 Å². The lowest BCUT2D eigenvalue weighted by Crippen LogP contribution is -3.18. The topological polar surface area (TPSA) is 58.5 Å². The highest BCUT2D eigenvalue weighted by Crippen LogP contribution is 2.13. The van der Waals surface area contributed by atoms with E-state index >= 15 is 0 Å². The van der Waals surface area contributed by atoms with Gasteiger partial charge in [-0.2, -0.15) is 0 Å². The van der Waals surface area contributed by atoms with Crippen molar-refractivity contribution in [1.29, 1.82) is 0 Å². The summed E-state index contributed by atoms with van der Waals surface area (Å²) in [7, 11) is 0. The molecule has 5 nitrogen and oxygen atoms in total. The van der Waals surface area contributed by atoms with E-state index in [2.05, 4.69) is 15.6 Å². The van der Waals surface area contributed by atoms with E-state index in [-0.39, 0.29) is 6.03 Å². The maximum atomic E-state index is 12.0. The smallest absolute Gasteiger partial charge is 0.316 e. The van der Waals surface area contributed by atoms with Gasteiger partial charge in [0.15, 0.2) is 0 Å². The third kappa shape index (κ3) is 2.03. The summed E-state index contributed by atoms with van der Waals surface area (Å²) in [5, 5.41) is 6.23. The zero-order valence-electron chi connectivity index (χ0n) is 9.70. The Morgan fingerprint density at radius 3 is 3.00 bits per heavy atom. The minimum atomic E-state index is 0.0723. The molecule has 1 aromatic heterocycles. The van der Waals surface area contributed by atoms with Crippen molar-refractivity contribution in [3.8, 4) is 0 Å². The van der Waals surface area contributed by atoms with E-state index in [1.165, 1.54) is 0 Å². The van der Waals surface area contributed by atoms with E-state index in [9.17, 15) is 4.79 Å². The summed E-state index contributed by atoms with van der Waals surface area (Å²) >= 11 is 0. The quantitative estimate of drug-likeness (QED) is 0.627. The molecule has 0 spiro atoms. The summed E-state index contributed by atoms with van der Waals surface area (Å²) in [5.41, 5.74) is 1.14. The molecule has 5 heteroatoms. The van der Waals surface area contributed by atoms with Gasteiger partial charge in [0.05, 0.1) is 6.04 Å². The van der Waals surface area contributed by atoms with E-state index < -0.39 is 0 Å². The largest absolute Gasteiger partial charge is 0.421 e. The number of amides is 2. The fraction of sp³-hybridized carbons (Fsp3) is 0.500.